The second kappa shape index (κ2) is 41.0. The molecule has 1 aliphatic rings. The molecule has 22 nitrogen and oxygen atoms in total. The second-order valence-electron chi connectivity index (χ2n) is 29.5. The lowest BCUT2D eigenvalue weighted by Gasteiger charge is -2.35. The summed E-state index contributed by atoms with van der Waals surface area (Å²) in [5.74, 6) is -4.39. The molecule has 0 saturated carbocycles. The Kier molecular flexibility index (Phi) is 31.5. The van der Waals surface area contributed by atoms with Crippen molar-refractivity contribution in [3.8, 4) is 16.9 Å². The second-order valence-corrected chi connectivity index (χ2v) is 30.8. The number of para-hydroxylation sites is 1. The van der Waals surface area contributed by atoms with Crippen LogP contribution in [0.4, 0.5) is 9.59 Å². The van der Waals surface area contributed by atoms with Crippen LogP contribution in [0.5, 0.6) is 5.75 Å². The highest BCUT2D eigenvalue weighted by Gasteiger charge is 2.39. The number of benzene rings is 8. The number of thioether (sulfide) groups is 1. The molecule has 111 heavy (non-hydrogen) atoms. The van der Waals surface area contributed by atoms with Crippen LogP contribution >= 0.6 is 11.8 Å². The van der Waals surface area contributed by atoms with E-state index in [4.69, 9.17) is 25.1 Å². The average molecular weight is 1530 g/mol. The van der Waals surface area contributed by atoms with Crippen LogP contribution in [-0.4, -0.2) is 142 Å². The van der Waals surface area contributed by atoms with Crippen LogP contribution < -0.4 is 42.4 Å². The van der Waals surface area contributed by atoms with Gasteiger partial charge in [0.15, 0.2) is 0 Å². The molecule has 5 amide bonds. The molecule has 8 aromatic carbocycles. The molecule has 586 valence electrons. The number of rotatable bonds is 33. The maximum absolute atomic E-state index is 14.1. The normalized spacial score (nSPS) is 13.4. The SMILES string of the molecule is CC(C)[C@H](NC(=O)[C@H](CCCCNC(=O)OC(C)(C)C)NC(=O)[C@@H](Cc1c[nH]c2ccccc12)NC(=O)[C@@H](N)Cc1ccc(OC(C)(C)C)cc1)C(=O)O.CN[C@@H](Cc1ccccc1)C(=O)O.O=C(N[C@@H](CCSC(c1ccccc1)(c1ccccc1)c1ccccc1)C(=O)O)OCC1c2ccccc2-c2ccccc21. The number of carboxylic acids is 3. The summed E-state index contributed by atoms with van der Waals surface area (Å²) >= 11 is 1.66. The summed E-state index contributed by atoms with van der Waals surface area (Å²) in [6, 6.07) is 65.3. The highest BCUT2D eigenvalue weighted by atomic mass is 32.2. The van der Waals surface area contributed by atoms with Crippen LogP contribution in [0.1, 0.15) is 131 Å². The van der Waals surface area contributed by atoms with Gasteiger partial charge >= 0.3 is 30.1 Å². The molecule has 12 N–H and O–H groups in total. The van der Waals surface area contributed by atoms with Crippen molar-refractivity contribution in [2.24, 2.45) is 11.7 Å². The zero-order chi connectivity index (χ0) is 80.3. The fraction of sp³-hybridized carbons (Fsp3) is 0.341. The fourth-order valence-electron chi connectivity index (χ4n) is 13.0. The van der Waals surface area contributed by atoms with Crippen LogP contribution in [0, 0.1) is 5.92 Å². The van der Waals surface area contributed by atoms with Gasteiger partial charge in [0.2, 0.25) is 17.7 Å². The number of unbranched alkanes of at least 4 members (excludes halogenated alkanes) is 1. The van der Waals surface area contributed by atoms with Gasteiger partial charge < -0.3 is 72.1 Å². The predicted octanol–water partition coefficient (Wildman–Crippen LogP) is 13.3. The fourth-order valence-corrected chi connectivity index (χ4v) is 14.6. The van der Waals surface area contributed by atoms with E-state index in [0.29, 0.717) is 30.8 Å². The van der Waals surface area contributed by atoms with E-state index in [2.05, 4.69) is 97.5 Å². The van der Waals surface area contributed by atoms with Crippen molar-refractivity contribution in [3.05, 3.63) is 269 Å². The zero-order valence-electron chi connectivity index (χ0n) is 64.4. The van der Waals surface area contributed by atoms with Crippen LogP contribution in [-0.2, 0) is 62.3 Å². The molecule has 0 unspecified atom stereocenters. The predicted molar refractivity (Wildman–Crippen MR) is 433 cm³/mol. The smallest absolute Gasteiger partial charge is 0.407 e. The monoisotopic (exact) mass is 1530 g/mol. The number of nitrogens with one attached hydrogen (secondary N) is 7. The number of aromatic amines is 1. The Bertz CT molecular complexity index is 4370. The summed E-state index contributed by atoms with van der Waals surface area (Å²) < 4.78 is 16.2. The molecule has 1 aliphatic carbocycles. The molecule has 0 saturated heterocycles. The zero-order valence-corrected chi connectivity index (χ0v) is 65.2. The first-order valence-electron chi connectivity index (χ1n) is 37.3. The van der Waals surface area contributed by atoms with Gasteiger partial charge in [-0.3, -0.25) is 19.2 Å². The molecule has 0 aliphatic heterocycles. The molecule has 0 fully saturated rings. The Labute approximate surface area is 653 Å². The molecule has 0 bridgehead atoms. The number of carbonyl (C=O) groups is 8. The molecule has 0 spiro atoms. The minimum atomic E-state index is -1.21. The van der Waals surface area contributed by atoms with Gasteiger partial charge in [0.25, 0.3) is 0 Å². The highest BCUT2D eigenvalue weighted by Crippen LogP contribution is 2.49. The average Bonchev–Trinajstić information content (AvgIpc) is 1.48. The third kappa shape index (κ3) is 25.4. The van der Waals surface area contributed by atoms with Gasteiger partial charge in [0, 0.05) is 36.0 Å². The lowest BCUT2D eigenvalue weighted by molar-refractivity contribution is -0.143. The van der Waals surface area contributed by atoms with E-state index in [1.54, 1.807) is 59.6 Å². The number of carboxylic acid groups (broad SMARTS) is 3. The van der Waals surface area contributed by atoms with E-state index in [-0.39, 0.29) is 50.4 Å². The number of likely N-dealkylation sites (N-methyl/N-ethyl adjacent to an activating group) is 1. The number of aliphatic carboxylic acids is 3. The molecule has 1 aromatic heterocycles. The number of H-pyrrole nitrogens is 1. The van der Waals surface area contributed by atoms with Crippen LogP contribution in [0.25, 0.3) is 22.0 Å². The minimum absolute atomic E-state index is 0.0744. The molecule has 1 heterocycles. The van der Waals surface area contributed by atoms with Gasteiger partial charge in [0.05, 0.1) is 10.8 Å². The first kappa shape index (κ1) is 85.3. The first-order chi connectivity index (χ1) is 53.0. The molecule has 23 heteroatoms. The van der Waals surface area contributed by atoms with E-state index in [0.717, 1.165) is 66.5 Å². The van der Waals surface area contributed by atoms with E-state index in [1.165, 1.54) is 0 Å². The summed E-state index contributed by atoms with van der Waals surface area (Å²) in [4.78, 5) is 104. The maximum Gasteiger partial charge on any atom is 0.407 e. The van der Waals surface area contributed by atoms with Crippen molar-refractivity contribution >= 4 is 70.5 Å². The number of ether oxygens (including phenoxy) is 3. The third-order valence-corrected chi connectivity index (χ3v) is 20.0. The van der Waals surface area contributed by atoms with E-state index >= 15 is 0 Å². The molecule has 6 atom stereocenters. The van der Waals surface area contributed by atoms with Crippen LogP contribution in [0.15, 0.2) is 225 Å². The van der Waals surface area contributed by atoms with E-state index in [1.807, 2.05) is 178 Å². The number of amides is 5. The lowest BCUT2D eigenvalue weighted by atomic mass is 9.84. The quantitative estimate of drug-likeness (QED) is 0.0134. The van der Waals surface area contributed by atoms with E-state index in [9.17, 15) is 48.6 Å². The van der Waals surface area contributed by atoms with Gasteiger partial charge in [-0.15, -0.1) is 11.8 Å². The summed E-state index contributed by atoms with van der Waals surface area (Å²) in [5.41, 5.74) is 16.5. The van der Waals surface area contributed by atoms with Crippen LogP contribution in [0.2, 0.25) is 0 Å². The van der Waals surface area contributed by atoms with E-state index < -0.39 is 100 Å². The summed E-state index contributed by atoms with van der Waals surface area (Å²) in [5, 5.41) is 45.6. The topological polar surface area (TPSA) is 339 Å². The highest BCUT2D eigenvalue weighted by molar-refractivity contribution is 8.00. The Morgan fingerprint density at radius 1 is 0.505 bits per heavy atom. The molecular formula is C88H104N8O14S. The summed E-state index contributed by atoms with van der Waals surface area (Å²) in [6.07, 6.45) is 2.42. The van der Waals surface area contributed by atoms with Gasteiger partial charge in [-0.25, -0.2) is 19.2 Å². The van der Waals surface area contributed by atoms with Gasteiger partial charge in [-0.1, -0.05) is 214 Å². The Morgan fingerprint density at radius 2 is 1.01 bits per heavy atom. The van der Waals surface area contributed by atoms with Gasteiger partial charge in [-0.05, 0) is 173 Å². The van der Waals surface area contributed by atoms with Gasteiger partial charge in [-0.2, -0.15) is 0 Å². The largest absolute Gasteiger partial charge is 0.488 e. The first-order valence-corrected chi connectivity index (χ1v) is 38.3. The van der Waals surface area contributed by atoms with Crippen molar-refractivity contribution in [2.75, 3.05) is 26.0 Å². The van der Waals surface area contributed by atoms with Crippen LogP contribution in [0.3, 0.4) is 0 Å². The number of hydrogen-bond donors (Lipinski definition) is 11. The lowest BCUT2D eigenvalue weighted by Crippen LogP contribution is -2.58. The standard InChI is InChI=1S/C40H58N6O8.C38H33NO4S.C10H13NO2/c1-24(2)33(37(50)51)46-35(48)31(15-11-12-20-42-38(52)54-40(6,7)8)44-36(49)32(22-26-23-43-30-14-10-9-13-28(26)30)45-34(47)29(41)21-25-16-18-27(19-17-25)53-39(3,4)5;40-36(41)35(39-37(42)43-26-34-32-22-12-10-20-30(32)31-21-11-13-23-33(31)34)24-25-44-38(27-14-4-1-5-15-27,28-16-6-2-7-17-28)29-18-8-3-9-19-29;1-11-9(10(12)13)7-8-5-3-2-4-6-8/h9-10,13-14,16-19,23-24,29,31-33,43H,11-12,15,20-22,41H2,1-8H3,(H,42,52)(H,44,49)(H,45,47)(H,46,48)(H,50,51);1-23,34-35H,24-26H2,(H,39,42)(H,40,41);2-6,9,11H,7H2,1H3,(H,12,13)/t29-,31-,32+,33-;35-;9-/m000/s1. The maximum atomic E-state index is 14.1. The number of aromatic nitrogens is 1. The molecule has 9 aromatic rings. The third-order valence-electron chi connectivity index (χ3n) is 18.5. The molecule has 10 rings (SSSR count). The number of nitrogens with two attached hydrogens (primary N) is 1. The summed E-state index contributed by atoms with van der Waals surface area (Å²) in [6.45, 7) is 14.8. The number of alkyl carbamates (subject to hydrolysis) is 2. The molecular weight excluding hydrogens is 1430 g/mol. The van der Waals surface area contributed by atoms with Gasteiger partial charge in [0.1, 0.15) is 53.8 Å². The Balaban J connectivity index is 0.000000242. The van der Waals surface area contributed by atoms with Crippen molar-refractivity contribution in [2.45, 2.75) is 158 Å². The Hall–Kier alpha value is -11.3. The van der Waals surface area contributed by atoms with Crippen molar-refractivity contribution in [1.29, 1.82) is 0 Å². The van der Waals surface area contributed by atoms with Crippen molar-refractivity contribution in [1.82, 2.24) is 36.9 Å². The number of hydrogen-bond acceptors (Lipinski definition) is 14. The van der Waals surface area contributed by atoms with Crippen molar-refractivity contribution in [3.63, 3.8) is 0 Å². The molecule has 0 radical (unpaired) electrons. The van der Waals surface area contributed by atoms with Crippen molar-refractivity contribution < 1.29 is 67.9 Å². The Morgan fingerprint density at radius 3 is 1.53 bits per heavy atom. The summed E-state index contributed by atoms with van der Waals surface area (Å²) in [7, 11) is 1.65. The number of carbonyl (C=O) groups excluding carboxylic acids is 5. The number of fused-ring (bicyclic) bond motifs is 4. The minimum Gasteiger partial charge on any atom is -0.488 e.